The van der Waals surface area contributed by atoms with Crippen molar-refractivity contribution in [2.24, 2.45) is 11.8 Å². The van der Waals surface area contributed by atoms with Crippen molar-refractivity contribution in [1.29, 1.82) is 0 Å². The number of halogens is 1. The normalized spacial score (nSPS) is 19.0. The van der Waals surface area contributed by atoms with Crippen LogP contribution in [-0.4, -0.2) is 77.3 Å². The molecule has 0 N–H and O–H groups in total. The van der Waals surface area contributed by atoms with Gasteiger partial charge in [-0.15, -0.1) is 11.3 Å². The molecule has 2 aromatic rings. The van der Waals surface area contributed by atoms with E-state index in [1.54, 1.807) is 12.1 Å². The molecular formula is C25H33FN4O2S. The first-order chi connectivity index (χ1) is 15.9. The van der Waals surface area contributed by atoms with Gasteiger partial charge in [-0.2, -0.15) is 0 Å². The van der Waals surface area contributed by atoms with Gasteiger partial charge in [-0.05, 0) is 56.5 Å². The second kappa shape index (κ2) is 10.3. The number of hydrogen-bond donors (Lipinski definition) is 0. The van der Waals surface area contributed by atoms with Crippen molar-refractivity contribution in [3.8, 4) is 10.6 Å². The van der Waals surface area contributed by atoms with Crippen molar-refractivity contribution < 1.29 is 14.0 Å². The predicted molar refractivity (Wildman–Crippen MR) is 129 cm³/mol. The molecule has 6 nitrogen and oxygen atoms in total. The number of thiazole rings is 1. The molecule has 33 heavy (non-hydrogen) atoms. The van der Waals surface area contributed by atoms with Gasteiger partial charge in [0.05, 0.1) is 5.69 Å². The molecule has 3 heterocycles. The maximum atomic E-state index is 13.2. The summed E-state index contributed by atoms with van der Waals surface area (Å²) < 4.78 is 13.2. The fourth-order valence-electron chi connectivity index (χ4n) is 4.83. The summed E-state index contributed by atoms with van der Waals surface area (Å²) in [4.78, 5) is 37.7. The topological polar surface area (TPSA) is 56.8 Å². The van der Waals surface area contributed by atoms with E-state index in [1.807, 2.05) is 16.7 Å². The number of aromatic nitrogens is 1. The van der Waals surface area contributed by atoms with Crippen molar-refractivity contribution in [3.05, 3.63) is 40.7 Å². The first-order valence-corrected chi connectivity index (χ1v) is 12.7. The highest BCUT2D eigenvalue weighted by atomic mass is 32.1. The Hall–Kier alpha value is -2.32. The van der Waals surface area contributed by atoms with Gasteiger partial charge in [0.1, 0.15) is 15.7 Å². The Balaban J connectivity index is 1.33. The van der Waals surface area contributed by atoms with E-state index in [1.165, 1.54) is 23.5 Å². The number of carbonyl (C=O) groups excluding carboxylic acids is 2. The average Bonchev–Trinajstić information content (AvgIpc) is 3.24. The Morgan fingerprint density at radius 3 is 2.30 bits per heavy atom. The second-order valence-corrected chi connectivity index (χ2v) is 10.1. The molecule has 0 unspecified atom stereocenters. The van der Waals surface area contributed by atoms with Crippen LogP contribution in [0.3, 0.4) is 0 Å². The van der Waals surface area contributed by atoms with Crippen LogP contribution in [-0.2, 0) is 4.79 Å². The smallest absolute Gasteiger partial charge is 0.265 e. The highest BCUT2D eigenvalue weighted by molar-refractivity contribution is 7.17. The Bertz CT molecular complexity index is 977. The number of likely N-dealkylation sites (tertiary alicyclic amines) is 1. The van der Waals surface area contributed by atoms with E-state index in [0.29, 0.717) is 29.6 Å². The van der Waals surface area contributed by atoms with E-state index in [0.717, 1.165) is 56.1 Å². The largest absolute Gasteiger partial charge is 0.340 e. The minimum Gasteiger partial charge on any atom is -0.340 e. The first kappa shape index (κ1) is 23.8. The number of aryl methyl sites for hydroxylation is 1. The molecule has 0 aliphatic carbocycles. The summed E-state index contributed by atoms with van der Waals surface area (Å²) in [6.45, 7) is 12.0. The maximum Gasteiger partial charge on any atom is 0.265 e. The zero-order chi connectivity index (χ0) is 23.5. The van der Waals surface area contributed by atoms with Gasteiger partial charge in [-0.1, -0.05) is 13.8 Å². The zero-order valence-corrected chi connectivity index (χ0v) is 20.5. The fraction of sp³-hybridized carbons (Fsp3) is 0.560. The molecular weight excluding hydrogens is 439 g/mol. The zero-order valence-electron chi connectivity index (χ0n) is 19.7. The van der Waals surface area contributed by atoms with Crippen LogP contribution in [0.5, 0.6) is 0 Å². The number of carbonyl (C=O) groups is 2. The maximum absolute atomic E-state index is 13.2. The van der Waals surface area contributed by atoms with E-state index in [-0.39, 0.29) is 23.5 Å². The Morgan fingerprint density at radius 2 is 1.70 bits per heavy atom. The molecule has 1 atom stereocenters. The molecule has 2 amide bonds. The van der Waals surface area contributed by atoms with E-state index in [4.69, 9.17) is 0 Å². The van der Waals surface area contributed by atoms with Crippen LogP contribution in [0.1, 0.15) is 42.1 Å². The molecule has 0 saturated carbocycles. The number of nitrogens with zero attached hydrogens (tertiary/aromatic N) is 4. The van der Waals surface area contributed by atoms with Crippen LogP contribution in [0.25, 0.3) is 10.6 Å². The lowest BCUT2D eigenvalue weighted by atomic mass is 9.84. The third-order valence-corrected chi connectivity index (χ3v) is 8.33. The van der Waals surface area contributed by atoms with Crippen LogP contribution >= 0.6 is 11.3 Å². The Morgan fingerprint density at radius 1 is 1.06 bits per heavy atom. The third kappa shape index (κ3) is 5.27. The van der Waals surface area contributed by atoms with Crippen LogP contribution in [0.15, 0.2) is 24.3 Å². The summed E-state index contributed by atoms with van der Waals surface area (Å²) in [6, 6.07) is 6.19. The van der Waals surface area contributed by atoms with Crippen LogP contribution < -0.4 is 0 Å². The summed E-state index contributed by atoms with van der Waals surface area (Å²) in [5, 5.41) is 0.730. The molecule has 2 fully saturated rings. The molecule has 178 valence electrons. The molecule has 0 radical (unpaired) electrons. The fourth-order valence-corrected chi connectivity index (χ4v) is 5.87. The molecule has 2 saturated heterocycles. The van der Waals surface area contributed by atoms with Crippen molar-refractivity contribution in [3.63, 3.8) is 0 Å². The molecule has 0 spiro atoms. The van der Waals surface area contributed by atoms with Crippen LogP contribution in [0.4, 0.5) is 4.39 Å². The Kier molecular flexibility index (Phi) is 7.44. The number of benzene rings is 1. The Labute approximate surface area is 199 Å². The second-order valence-electron chi connectivity index (χ2n) is 9.12. The SMILES string of the molecule is CCN1CCN(C(=O)[C@@H](C)C2CCN(C(=O)c3sc(-c4ccc(F)cc4)nc3C)CC2)CC1. The average molecular weight is 473 g/mol. The molecule has 2 aliphatic rings. The molecule has 0 bridgehead atoms. The lowest BCUT2D eigenvalue weighted by Crippen LogP contribution is -2.51. The molecule has 1 aromatic heterocycles. The van der Waals surface area contributed by atoms with Gasteiger partial charge in [0.15, 0.2) is 0 Å². The van der Waals surface area contributed by atoms with E-state index >= 15 is 0 Å². The number of hydrogen-bond acceptors (Lipinski definition) is 5. The molecule has 1 aromatic carbocycles. The summed E-state index contributed by atoms with van der Waals surface area (Å²) >= 11 is 1.36. The van der Waals surface area contributed by atoms with Crippen LogP contribution in [0, 0.1) is 24.6 Å². The van der Waals surface area contributed by atoms with Crippen molar-refractivity contribution in [2.45, 2.75) is 33.6 Å². The third-order valence-electron chi connectivity index (χ3n) is 7.14. The minimum absolute atomic E-state index is 0.00600. The lowest BCUT2D eigenvalue weighted by molar-refractivity contribution is -0.139. The summed E-state index contributed by atoms with van der Waals surface area (Å²) in [7, 11) is 0. The van der Waals surface area contributed by atoms with Gasteiger partial charge in [-0.3, -0.25) is 9.59 Å². The van der Waals surface area contributed by atoms with E-state index in [2.05, 4.69) is 23.7 Å². The van der Waals surface area contributed by atoms with Gasteiger partial charge in [0.25, 0.3) is 5.91 Å². The van der Waals surface area contributed by atoms with Gasteiger partial charge in [0.2, 0.25) is 5.91 Å². The van der Waals surface area contributed by atoms with Crippen molar-refractivity contribution in [1.82, 2.24) is 19.7 Å². The van der Waals surface area contributed by atoms with Gasteiger partial charge >= 0.3 is 0 Å². The highest BCUT2D eigenvalue weighted by Gasteiger charge is 2.34. The first-order valence-electron chi connectivity index (χ1n) is 11.9. The lowest BCUT2D eigenvalue weighted by Gasteiger charge is -2.39. The number of rotatable bonds is 5. The quantitative estimate of drug-likeness (QED) is 0.662. The van der Waals surface area contributed by atoms with Crippen molar-refractivity contribution >= 4 is 23.2 Å². The highest BCUT2D eigenvalue weighted by Crippen LogP contribution is 2.32. The van der Waals surface area contributed by atoms with Crippen LogP contribution in [0.2, 0.25) is 0 Å². The molecule has 4 rings (SSSR count). The van der Waals surface area contributed by atoms with E-state index < -0.39 is 0 Å². The predicted octanol–water partition coefficient (Wildman–Crippen LogP) is 3.91. The van der Waals surface area contributed by atoms with Gasteiger partial charge in [0, 0.05) is 50.7 Å². The molecule has 2 aliphatic heterocycles. The standard InChI is InChI=1S/C25H33FN4O2S/c1-4-28-13-15-30(16-14-28)24(31)17(2)19-9-11-29(12-10-19)25(32)22-18(3)27-23(33-22)20-5-7-21(26)8-6-20/h5-8,17,19H,4,9-16H2,1-3H3/t17-/m0/s1. The van der Waals surface area contributed by atoms with Gasteiger partial charge < -0.3 is 14.7 Å². The minimum atomic E-state index is -0.290. The number of likely N-dealkylation sites (N-methyl/N-ethyl adjacent to an activating group) is 1. The van der Waals surface area contributed by atoms with Crippen molar-refractivity contribution in [2.75, 3.05) is 45.8 Å². The molecule has 8 heteroatoms. The monoisotopic (exact) mass is 472 g/mol. The summed E-state index contributed by atoms with van der Waals surface area (Å²) in [5.74, 6) is 0.278. The summed E-state index contributed by atoms with van der Waals surface area (Å²) in [6.07, 6.45) is 1.69. The number of piperazine rings is 1. The van der Waals surface area contributed by atoms with E-state index in [9.17, 15) is 14.0 Å². The summed E-state index contributed by atoms with van der Waals surface area (Å²) in [5.41, 5.74) is 1.52. The van der Waals surface area contributed by atoms with Gasteiger partial charge in [-0.25, -0.2) is 9.37 Å². The number of amides is 2. The number of piperidine rings is 1.